The Kier molecular flexibility index (Phi) is 3.94. The lowest BCUT2D eigenvalue weighted by molar-refractivity contribution is -0.119. The van der Waals surface area contributed by atoms with Crippen LogP contribution in [-0.4, -0.2) is 19.1 Å². The Hall–Kier alpha value is -1.55. The van der Waals surface area contributed by atoms with Crippen molar-refractivity contribution in [3.8, 4) is 5.75 Å². The number of para-hydroxylation sites is 1. The lowest BCUT2D eigenvalue weighted by Crippen LogP contribution is -2.20. The highest BCUT2D eigenvalue weighted by Crippen LogP contribution is 2.17. The Morgan fingerprint density at radius 2 is 2.07 bits per heavy atom. The van der Waals surface area contributed by atoms with E-state index in [1.807, 2.05) is 18.2 Å². The molecule has 76 valence electrons. The Morgan fingerprint density at radius 1 is 1.36 bits per heavy atom. The van der Waals surface area contributed by atoms with Crippen LogP contribution < -0.4 is 16.2 Å². The second-order valence-electron chi connectivity index (χ2n) is 2.90. The van der Waals surface area contributed by atoms with Crippen molar-refractivity contribution in [3.05, 3.63) is 29.8 Å². The number of ether oxygens (including phenoxy) is 1. The molecule has 0 aliphatic carbocycles. The molecule has 0 heterocycles. The fraction of sp³-hybridized carbons (Fsp3) is 0.300. The van der Waals surface area contributed by atoms with Gasteiger partial charge < -0.3 is 16.2 Å². The SMILES string of the molecule is NCCc1ccccc1OCC(N)=O. The highest BCUT2D eigenvalue weighted by molar-refractivity contribution is 5.75. The van der Waals surface area contributed by atoms with Crippen molar-refractivity contribution in [2.45, 2.75) is 6.42 Å². The van der Waals surface area contributed by atoms with E-state index in [4.69, 9.17) is 16.2 Å². The normalized spacial score (nSPS) is 9.79. The Labute approximate surface area is 82.8 Å². The number of primary amides is 1. The van der Waals surface area contributed by atoms with Crippen LogP contribution in [0.2, 0.25) is 0 Å². The van der Waals surface area contributed by atoms with Crippen molar-refractivity contribution >= 4 is 5.91 Å². The summed E-state index contributed by atoms with van der Waals surface area (Å²) < 4.78 is 5.22. The van der Waals surface area contributed by atoms with Crippen molar-refractivity contribution in [3.63, 3.8) is 0 Å². The summed E-state index contributed by atoms with van der Waals surface area (Å²) in [6, 6.07) is 7.47. The fourth-order valence-electron chi connectivity index (χ4n) is 1.16. The van der Waals surface area contributed by atoms with Crippen molar-refractivity contribution in [2.75, 3.05) is 13.2 Å². The van der Waals surface area contributed by atoms with E-state index >= 15 is 0 Å². The molecule has 1 amide bonds. The molecule has 4 nitrogen and oxygen atoms in total. The highest BCUT2D eigenvalue weighted by Gasteiger charge is 2.02. The van der Waals surface area contributed by atoms with Crippen LogP contribution in [0.4, 0.5) is 0 Å². The van der Waals surface area contributed by atoms with Gasteiger partial charge >= 0.3 is 0 Å². The lowest BCUT2D eigenvalue weighted by atomic mass is 10.1. The second-order valence-corrected chi connectivity index (χ2v) is 2.90. The molecule has 1 aromatic carbocycles. The van der Waals surface area contributed by atoms with Gasteiger partial charge in [0.25, 0.3) is 5.91 Å². The van der Waals surface area contributed by atoms with Gasteiger partial charge in [0.2, 0.25) is 0 Å². The summed E-state index contributed by atoms with van der Waals surface area (Å²) in [7, 11) is 0. The first kappa shape index (κ1) is 10.5. The van der Waals surface area contributed by atoms with Crippen LogP contribution in [0.5, 0.6) is 5.75 Å². The van der Waals surface area contributed by atoms with E-state index in [-0.39, 0.29) is 6.61 Å². The van der Waals surface area contributed by atoms with Crippen LogP contribution in [0, 0.1) is 0 Å². The number of carbonyl (C=O) groups excluding carboxylic acids is 1. The minimum Gasteiger partial charge on any atom is -0.484 e. The molecule has 4 N–H and O–H groups in total. The summed E-state index contributed by atoms with van der Waals surface area (Å²) in [6.07, 6.45) is 0.731. The molecule has 0 saturated carbocycles. The number of benzene rings is 1. The molecular formula is C10H14N2O2. The molecule has 0 radical (unpaired) electrons. The first-order valence-corrected chi connectivity index (χ1v) is 4.43. The largest absolute Gasteiger partial charge is 0.484 e. The quantitative estimate of drug-likeness (QED) is 0.695. The third-order valence-corrected chi connectivity index (χ3v) is 1.76. The predicted molar refractivity (Wildman–Crippen MR) is 53.9 cm³/mol. The van der Waals surface area contributed by atoms with Crippen molar-refractivity contribution < 1.29 is 9.53 Å². The zero-order valence-corrected chi connectivity index (χ0v) is 7.90. The standard InChI is InChI=1S/C10H14N2O2/c11-6-5-8-3-1-2-4-9(8)14-7-10(12)13/h1-4H,5-7,11H2,(H2,12,13). The summed E-state index contributed by atoms with van der Waals surface area (Å²) in [5.74, 6) is 0.198. The van der Waals surface area contributed by atoms with Crippen LogP contribution in [0.15, 0.2) is 24.3 Å². The molecule has 0 aliphatic rings. The topological polar surface area (TPSA) is 78.3 Å². The molecule has 1 aromatic rings. The molecular weight excluding hydrogens is 180 g/mol. The molecule has 0 unspecified atom stereocenters. The molecule has 0 aliphatic heterocycles. The van der Waals surface area contributed by atoms with Gasteiger partial charge in [-0.3, -0.25) is 4.79 Å². The van der Waals surface area contributed by atoms with E-state index < -0.39 is 5.91 Å². The van der Waals surface area contributed by atoms with Gasteiger partial charge in [-0.25, -0.2) is 0 Å². The first-order chi connectivity index (χ1) is 6.74. The van der Waals surface area contributed by atoms with Crippen LogP contribution >= 0.6 is 0 Å². The summed E-state index contributed by atoms with van der Waals surface area (Å²) in [5.41, 5.74) is 11.4. The second kappa shape index (κ2) is 5.24. The van der Waals surface area contributed by atoms with Gasteiger partial charge in [0, 0.05) is 0 Å². The van der Waals surface area contributed by atoms with Gasteiger partial charge in [-0.1, -0.05) is 18.2 Å². The van der Waals surface area contributed by atoms with E-state index in [9.17, 15) is 4.79 Å². The first-order valence-electron chi connectivity index (χ1n) is 4.43. The minimum atomic E-state index is -0.479. The van der Waals surface area contributed by atoms with E-state index in [0.717, 1.165) is 12.0 Å². The lowest BCUT2D eigenvalue weighted by Gasteiger charge is -2.08. The third-order valence-electron chi connectivity index (χ3n) is 1.76. The van der Waals surface area contributed by atoms with Crippen LogP contribution in [-0.2, 0) is 11.2 Å². The molecule has 0 bridgehead atoms. The Bertz CT molecular complexity index is 313. The monoisotopic (exact) mass is 194 g/mol. The highest BCUT2D eigenvalue weighted by atomic mass is 16.5. The molecule has 0 fully saturated rings. The molecule has 4 heteroatoms. The van der Waals surface area contributed by atoms with Crippen molar-refractivity contribution in [1.82, 2.24) is 0 Å². The molecule has 0 spiro atoms. The Balaban J connectivity index is 2.68. The fourth-order valence-corrected chi connectivity index (χ4v) is 1.16. The number of amides is 1. The summed E-state index contributed by atoms with van der Waals surface area (Å²) in [4.78, 5) is 10.5. The van der Waals surface area contributed by atoms with E-state index in [1.54, 1.807) is 6.07 Å². The summed E-state index contributed by atoms with van der Waals surface area (Å²) in [6.45, 7) is 0.457. The number of hydrogen-bond donors (Lipinski definition) is 2. The smallest absolute Gasteiger partial charge is 0.255 e. The predicted octanol–water partition coefficient (Wildman–Crippen LogP) is 0.0519. The van der Waals surface area contributed by atoms with Gasteiger partial charge in [0.1, 0.15) is 5.75 Å². The number of hydrogen-bond acceptors (Lipinski definition) is 3. The molecule has 0 saturated heterocycles. The third kappa shape index (κ3) is 3.06. The van der Waals surface area contributed by atoms with Gasteiger partial charge in [-0.15, -0.1) is 0 Å². The van der Waals surface area contributed by atoms with Crippen molar-refractivity contribution in [2.24, 2.45) is 11.5 Å². The van der Waals surface area contributed by atoms with Crippen LogP contribution in [0.1, 0.15) is 5.56 Å². The number of rotatable bonds is 5. The molecule has 1 rings (SSSR count). The van der Waals surface area contributed by atoms with Gasteiger partial charge in [0.05, 0.1) is 0 Å². The minimum absolute atomic E-state index is 0.0957. The summed E-state index contributed by atoms with van der Waals surface area (Å²) >= 11 is 0. The number of carbonyl (C=O) groups is 1. The van der Waals surface area contributed by atoms with Crippen LogP contribution in [0.25, 0.3) is 0 Å². The van der Waals surface area contributed by atoms with E-state index in [2.05, 4.69) is 0 Å². The van der Waals surface area contributed by atoms with E-state index in [0.29, 0.717) is 12.3 Å². The van der Waals surface area contributed by atoms with Crippen LogP contribution in [0.3, 0.4) is 0 Å². The van der Waals surface area contributed by atoms with Gasteiger partial charge in [0.15, 0.2) is 6.61 Å². The Morgan fingerprint density at radius 3 is 2.71 bits per heavy atom. The van der Waals surface area contributed by atoms with Gasteiger partial charge in [-0.05, 0) is 24.6 Å². The summed E-state index contributed by atoms with van der Waals surface area (Å²) in [5, 5.41) is 0. The van der Waals surface area contributed by atoms with E-state index in [1.165, 1.54) is 0 Å². The van der Waals surface area contributed by atoms with Gasteiger partial charge in [-0.2, -0.15) is 0 Å². The maximum Gasteiger partial charge on any atom is 0.255 e. The molecule has 14 heavy (non-hydrogen) atoms. The average molecular weight is 194 g/mol. The maximum absolute atomic E-state index is 10.5. The van der Waals surface area contributed by atoms with Crippen molar-refractivity contribution in [1.29, 1.82) is 0 Å². The zero-order valence-electron chi connectivity index (χ0n) is 7.90. The molecule has 0 aromatic heterocycles. The average Bonchev–Trinajstić information content (AvgIpc) is 2.17. The zero-order chi connectivity index (χ0) is 10.4. The maximum atomic E-state index is 10.5. The number of nitrogens with two attached hydrogens (primary N) is 2. The molecule has 0 atom stereocenters.